The van der Waals surface area contributed by atoms with E-state index >= 15 is 0 Å². The Bertz CT molecular complexity index is 732. The molecule has 26 heavy (non-hydrogen) atoms. The molecule has 5 rings (SSSR count). The molecule has 0 aromatic heterocycles. The molecule has 3 aliphatic heterocycles. The van der Waals surface area contributed by atoms with E-state index in [4.69, 9.17) is 18.9 Å². The third kappa shape index (κ3) is 2.05. The minimum Gasteiger partial charge on any atom is -0.459 e. The van der Waals surface area contributed by atoms with Crippen LogP contribution in [0.4, 0.5) is 0 Å². The molecule has 3 heterocycles. The predicted octanol–water partition coefficient (Wildman–Crippen LogP) is 0.511. The van der Waals surface area contributed by atoms with Crippen LogP contribution in [0.5, 0.6) is 0 Å². The average Bonchev–Trinajstić information content (AvgIpc) is 3.47. The van der Waals surface area contributed by atoms with E-state index in [1.807, 2.05) is 0 Å². The van der Waals surface area contributed by atoms with Gasteiger partial charge in [0, 0.05) is 17.9 Å². The van der Waals surface area contributed by atoms with Gasteiger partial charge >= 0.3 is 11.9 Å². The second-order valence-electron chi connectivity index (χ2n) is 8.37. The molecule has 3 saturated heterocycles. The van der Waals surface area contributed by atoms with E-state index in [1.54, 1.807) is 6.92 Å². The Balaban J connectivity index is 1.51. The Kier molecular flexibility index (Phi) is 3.15. The van der Waals surface area contributed by atoms with Gasteiger partial charge in [-0.2, -0.15) is 0 Å². The average molecular weight is 362 g/mol. The van der Waals surface area contributed by atoms with Crippen LogP contribution in [-0.2, 0) is 28.5 Å². The van der Waals surface area contributed by atoms with Crippen molar-refractivity contribution in [3.63, 3.8) is 0 Å². The molecule has 5 aliphatic rings. The number of esters is 2. The molecule has 0 radical (unpaired) electrons. The molecule has 0 bridgehead atoms. The van der Waals surface area contributed by atoms with Crippen molar-refractivity contribution in [3.05, 3.63) is 24.3 Å². The maximum absolute atomic E-state index is 12.4. The van der Waals surface area contributed by atoms with Gasteiger partial charge in [-0.15, -0.1) is 0 Å². The van der Waals surface area contributed by atoms with Crippen molar-refractivity contribution in [1.29, 1.82) is 0 Å². The molecule has 0 aromatic carbocycles. The first-order chi connectivity index (χ1) is 12.3. The molecule has 1 N–H and O–H groups in total. The van der Waals surface area contributed by atoms with Crippen molar-refractivity contribution >= 4 is 11.9 Å². The van der Waals surface area contributed by atoms with Crippen molar-refractivity contribution in [2.24, 2.45) is 17.8 Å². The number of rotatable bonds is 2. The van der Waals surface area contributed by atoms with E-state index in [-0.39, 0.29) is 11.8 Å². The van der Waals surface area contributed by atoms with Gasteiger partial charge in [0.15, 0.2) is 5.60 Å². The molecule has 1 spiro atoms. The van der Waals surface area contributed by atoms with Crippen molar-refractivity contribution in [2.45, 2.75) is 49.3 Å². The van der Waals surface area contributed by atoms with Crippen molar-refractivity contribution in [2.75, 3.05) is 13.2 Å². The molecular weight excluding hydrogens is 340 g/mol. The number of hydrogen-bond acceptors (Lipinski definition) is 7. The zero-order valence-corrected chi connectivity index (χ0v) is 14.6. The van der Waals surface area contributed by atoms with Gasteiger partial charge in [-0.3, -0.25) is 0 Å². The highest BCUT2D eigenvalue weighted by molar-refractivity contribution is 5.91. The van der Waals surface area contributed by atoms with E-state index < -0.39 is 47.4 Å². The SMILES string of the molecule is C=C1C(=O)O[C@H]2[C@H]1[C@@H](OC(=O)[C@@]1(C)CO1)CC(=C)[C@@H]1C[C@H](O)[C@@]3(CO3)[C@H]21. The summed E-state index contributed by atoms with van der Waals surface area (Å²) in [7, 11) is 0. The van der Waals surface area contributed by atoms with Crippen LogP contribution in [0.15, 0.2) is 24.3 Å². The second kappa shape index (κ2) is 4.97. The molecule has 0 amide bonds. The second-order valence-corrected chi connectivity index (χ2v) is 8.37. The van der Waals surface area contributed by atoms with Crippen LogP contribution in [-0.4, -0.2) is 59.8 Å². The fraction of sp³-hybridized carbons (Fsp3) is 0.684. The summed E-state index contributed by atoms with van der Waals surface area (Å²) in [6.45, 7) is 10.5. The monoisotopic (exact) mass is 362 g/mol. The molecule has 8 atom stereocenters. The maximum Gasteiger partial charge on any atom is 0.340 e. The van der Waals surface area contributed by atoms with Crippen LogP contribution in [0.25, 0.3) is 0 Å². The third-order valence-corrected chi connectivity index (χ3v) is 6.79. The lowest BCUT2D eigenvalue weighted by atomic mass is 9.78. The van der Waals surface area contributed by atoms with E-state index in [1.165, 1.54) is 0 Å². The number of carbonyl (C=O) groups is 2. The molecule has 7 nitrogen and oxygen atoms in total. The summed E-state index contributed by atoms with van der Waals surface area (Å²) in [5.41, 5.74) is -0.396. The van der Waals surface area contributed by atoms with Crippen LogP contribution < -0.4 is 0 Å². The first-order valence-corrected chi connectivity index (χ1v) is 9.01. The number of fused-ring (bicyclic) bond motifs is 4. The van der Waals surface area contributed by atoms with E-state index in [2.05, 4.69) is 13.2 Å². The van der Waals surface area contributed by atoms with E-state index in [0.29, 0.717) is 31.6 Å². The minimum atomic E-state index is -0.902. The highest BCUT2D eigenvalue weighted by Crippen LogP contribution is 2.60. The molecule has 7 heteroatoms. The van der Waals surface area contributed by atoms with Crippen molar-refractivity contribution in [3.8, 4) is 0 Å². The van der Waals surface area contributed by atoms with Crippen molar-refractivity contribution in [1.82, 2.24) is 0 Å². The molecule has 0 aromatic rings. The standard InChI is InChI=1S/C19H22O7/c1-8-4-11(25-17(22)18(3)6-23-18)13-9(2)16(21)26-15(13)14-10(8)5-12(20)19(14)7-24-19/h10-15,20H,1-2,4-7H2,3H3/t10-,11-,12-,13+,14-,15-,18+,19-/m0/s1. The normalized spacial score (nSPS) is 51.5. The highest BCUT2D eigenvalue weighted by atomic mass is 16.6. The summed E-state index contributed by atoms with van der Waals surface area (Å²) in [4.78, 5) is 24.7. The predicted molar refractivity (Wildman–Crippen MR) is 86.8 cm³/mol. The van der Waals surface area contributed by atoms with Gasteiger partial charge in [0.1, 0.15) is 17.8 Å². The zero-order chi connectivity index (χ0) is 18.4. The van der Waals surface area contributed by atoms with Crippen LogP contribution in [0.3, 0.4) is 0 Å². The highest BCUT2D eigenvalue weighted by Gasteiger charge is 2.71. The molecule has 0 unspecified atom stereocenters. The van der Waals surface area contributed by atoms with Crippen molar-refractivity contribution < 1.29 is 33.6 Å². The molecule has 5 fully saturated rings. The Morgan fingerprint density at radius 2 is 2.00 bits per heavy atom. The summed E-state index contributed by atoms with van der Waals surface area (Å²) in [6.07, 6.45) is -0.815. The number of aliphatic hydroxyl groups is 1. The van der Waals surface area contributed by atoms with E-state index in [0.717, 1.165) is 5.57 Å². The van der Waals surface area contributed by atoms with Crippen LogP contribution >= 0.6 is 0 Å². The van der Waals surface area contributed by atoms with Gasteiger partial charge < -0.3 is 24.1 Å². The number of epoxide rings is 2. The summed E-state index contributed by atoms with van der Waals surface area (Å²) < 4.78 is 22.3. The van der Waals surface area contributed by atoms with Gasteiger partial charge in [-0.25, -0.2) is 9.59 Å². The fourth-order valence-corrected chi connectivity index (χ4v) is 5.02. The van der Waals surface area contributed by atoms with Gasteiger partial charge in [0.2, 0.25) is 0 Å². The lowest BCUT2D eigenvalue weighted by Crippen LogP contribution is -2.43. The number of ether oxygens (including phenoxy) is 4. The van der Waals surface area contributed by atoms with Gasteiger partial charge in [-0.1, -0.05) is 18.7 Å². The molecule has 2 aliphatic carbocycles. The Morgan fingerprint density at radius 3 is 2.62 bits per heavy atom. The Hall–Kier alpha value is -1.70. The van der Waals surface area contributed by atoms with Crippen LogP contribution in [0.1, 0.15) is 19.8 Å². The Labute approximate surface area is 150 Å². The lowest BCUT2D eigenvalue weighted by molar-refractivity contribution is -0.158. The maximum atomic E-state index is 12.4. The molecular formula is C19H22O7. The first-order valence-electron chi connectivity index (χ1n) is 9.01. The quantitative estimate of drug-likeness (QED) is 0.331. The lowest BCUT2D eigenvalue weighted by Gasteiger charge is -2.30. The topological polar surface area (TPSA) is 97.9 Å². The summed E-state index contributed by atoms with van der Waals surface area (Å²) in [6, 6.07) is 0. The van der Waals surface area contributed by atoms with E-state index in [9.17, 15) is 14.7 Å². The first kappa shape index (κ1) is 16.5. The summed E-state index contributed by atoms with van der Waals surface area (Å²) in [5.74, 6) is -1.62. The molecule has 2 saturated carbocycles. The van der Waals surface area contributed by atoms with Gasteiger partial charge in [0.25, 0.3) is 0 Å². The third-order valence-electron chi connectivity index (χ3n) is 6.79. The smallest absolute Gasteiger partial charge is 0.340 e. The number of aliphatic hydroxyl groups excluding tert-OH is 1. The number of hydrogen-bond donors (Lipinski definition) is 1. The summed E-state index contributed by atoms with van der Waals surface area (Å²) in [5, 5.41) is 10.5. The molecule has 140 valence electrons. The van der Waals surface area contributed by atoms with Gasteiger partial charge in [0.05, 0.1) is 25.2 Å². The van der Waals surface area contributed by atoms with Crippen LogP contribution in [0.2, 0.25) is 0 Å². The van der Waals surface area contributed by atoms with Gasteiger partial charge in [-0.05, 0) is 19.3 Å². The fourth-order valence-electron chi connectivity index (χ4n) is 5.02. The number of carbonyl (C=O) groups excluding carboxylic acids is 2. The Morgan fingerprint density at radius 1 is 1.31 bits per heavy atom. The van der Waals surface area contributed by atoms with Crippen LogP contribution in [0, 0.1) is 17.8 Å². The largest absolute Gasteiger partial charge is 0.459 e. The zero-order valence-electron chi connectivity index (χ0n) is 14.6. The minimum absolute atomic E-state index is 0.0461. The summed E-state index contributed by atoms with van der Waals surface area (Å²) >= 11 is 0.